The highest BCUT2D eigenvalue weighted by Crippen LogP contribution is 2.26. The number of urea groups is 1. The predicted molar refractivity (Wildman–Crippen MR) is 84.3 cm³/mol. The van der Waals surface area contributed by atoms with Gasteiger partial charge in [0.1, 0.15) is 5.54 Å². The summed E-state index contributed by atoms with van der Waals surface area (Å²) in [5, 5.41) is 15.6. The van der Waals surface area contributed by atoms with Crippen molar-refractivity contribution in [2.45, 2.75) is 50.5 Å². The minimum Gasteiger partial charge on any atom is -0.319 e. The third kappa shape index (κ3) is 4.37. The minimum atomic E-state index is -0.758. The van der Waals surface area contributed by atoms with Gasteiger partial charge in [-0.25, -0.2) is 4.79 Å². The van der Waals surface area contributed by atoms with Gasteiger partial charge in [-0.15, -0.1) is 0 Å². The Morgan fingerprint density at radius 1 is 1.14 bits per heavy atom. The molecule has 1 fully saturated rings. The van der Waals surface area contributed by atoms with Gasteiger partial charge in [0.15, 0.2) is 0 Å². The number of hydrogen-bond acceptors (Lipinski definition) is 2. The fraction of sp³-hybridized carbons (Fsp3) is 0.500. The van der Waals surface area contributed by atoms with Crippen LogP contribution < -0.4 is 10.6 Å². The quantitative estimate of drug-likeness (QED) is 0.846. The first kappa shape index (κ1) is 15.7. The predicted octanol–water partition coefficient (Wildman–Crippen LogP) is 4.47. The van der Waals surface area contributed by atoms with E-state index in [2.05, 4.69) is 16.7 Å². The zero-order valence-corrected chi connectivity index (χ0v) is 12.7. The molecule has 0 radical (unpaired) electrons. The average Bonchev–Trinajstić information content (AvgIpc) is 2.45. The lowest BCUT2D eigenvalue weighted by Crippen LogP contribution is -2.49. The van der Waals surface area contributed by atoms with Crippen LogP contribution in [0.3, 0.4) is 0 Å². The number of nitrogens with zero attached hydrogens (tertiary/aromatic N) is 1. The molecule has 0 aliphatic heterocycles. The van der Waals surface area contributed by atoms with Crippen LogP contribution in [0.15, 0.2) is 24.3 Å². The Bertz CT molecular complexity index is 531. The van der Waals surface area contributed by atoms with E-state index in [1.54, 1.807) is 24.3 Å². The Morgan fingerprint density at radius 3 is 2.38 bits per heavy atom. The molecule has 1 aromatic rings. The number of amides is 2. The van der Waals surface area contributed by atoms with Crippen LogP contribution in [-0.2, 0) is 0 Å². The number of nitriles is 1. The summed E-state index contributed by atoms with van der Waals surface area (Å²) in [4.78, 5) is 12.2. The van der Waals surface area contributed by atoms with Gasteiger partial charge in [0.2, 0.25) is 0 Å². The van der Waals surface area contributed by atoms with E-state index in [0.29, 0.717) is 23.6 Å². The van der Waals surface area contributed by atoms with Crippen molar-refractivity contribution in [3.63, 3.8) is 0 Å². The fourth-order valence-electron chi connectivity index (χ4n) is 2.71. The Kier molecular flexibility index (Phi) is 5.46. The highest BCUT2D eigenvalue weighted by molar-refractivity contribution is 6.33. The topological polar surface area (TPSA) is 64.9 Å². The van der Waals surface area contributed by atoms with Crippen LogP contribution >= 0.6 is 11.6 Å². The van der Waals surface area contributed by atoms with E-state index >= 15 is 0 Å². The number of benzene rings is 1. The second kappa shape index (κ2) is 7.33. The molecule has 2 amide bonds. The molecule has 0 saturated heterocycles. The number of carbonyl (C=O) groups is 1. The molecule has 2 N–H and O–H groups in total. The summed E-state index contributed by atoms with van der Waals surface area (Å²) in [6, 6.07) is 9.00. The number of rotatable bonds is 2. The molecular formula is C16H20ClN3O. The molecule has 1 aliphatic carbocycles. The largest absolute Gasteiger partial charge is 0.320 e. The van der Waals surface area contributed by atoms with E-state index < -0.39 is 5.54 Å². The maximum atomic E-state index is 12.2. The van der Waals surface area contributed by atoms with Gasteiger partial charge in [0.05, 0.1) is 16.8 Å². The molecule has 1 aromatic carbocycles. The van der Waals surface area contributed by atoms with Crippen LogP contribution in [0.2, 0.25) is 5.02 Å². The molecule has 0 spiro atoms. The average molecular weight is 306 g/mol. The number of nitrogens with one attached hydrogen (secondary N) is 2. The normalized spacial score (nSPS) is 17.9. The number of hydrogen-bond donors (Lipinski definition) is 2. The number of halogens is 1. The number of anilines is 1. The van der Waals surface area contributed by atoms with Gasteiger partial charge in [0.25, 0.3) is 0 Å². The van der Waals surface area contributed by atoms with Gasteiger partial charge in [-0.2, -0.15) is 5.26 Å². The molecule has 1 aliphatic rings. The Hall–Kier alpha value is -1.73. The van der Waals surface area contributed by atoms with E-state index in [-0.39, 0.29) is 6.03 Å². The van der Waals surface area contributed by atoms with Gasteiger partial charge in [-0.3, -0.25) is 0 Å². The fourth-order valence-corrected chi connectivity index (χ4v) is 2.89. The van der Waals surface area contributed by atoms with Crippen LogP contribution in [-0.4, -0.2) is 11.6 Å². The third-order valence-electron chi connectivity index (χ3n) is 3.90. The van der Waals surface area contributed by atoms with Gasteiger partial charge in [0, 0.05) is 0 Å². The highest BCUT2D eigenvalue weighted by Gasteiger charge is 2.32. The van der Waals surface area contributed by atoms with Crippen molar-refractivity contribution in [2.75, 3.05) is 5.32 Å². The van der Waals surface area contributed by atoms with Crippen molar-refractivity contribution in [1.29, 1.82) is 5.26 Å². The lowest BCUT2D eigenvalue weighted by molar-refractivity contribution is 0.236. The summed E-state index contributed by atoms with van der Waals surface area (Å²) >= 11 is 6.02. The summed E-state index contributed by atoms with van der Waals surface area (Å²) < 4.78 is 0. The molecule has 0 unspecified atom stereocenters. The maximum Gasteiger partial charge on any atom is 0.320 e. The van der Waals surface area contributed by atoms with E-state index in [4.69, 9.17) is 11.6 Å². The smallest absolute Gasteiger partial charge is 0.319 e. The molecule has 21 heavy (non-hydrogen) atoms. The first-order valence-electron chi connectivity index (χ1n) is 7.40. The van der Waals surface area contributed by atoms with Crippen LogP contribution in [0.25, 0.3) is 0 Å². The van der Waals surface area contributed by atoms with Crippen molar-refractivity contribution in [3.05, 3.63) is 29.3 Å². The summed E-state index contributed by atoms with van der Waals surface area (Å²) in [5.41, 5.74) is -0.207. The van der Waals surface area contributed by atoms with Gasteiger partial charge in [-0.1, -0.05) is 55.8 Å². The lowest BCUT2D eigenvalue weighted by Gasteiger charge is -2.29. The Morgan fingerprint density at radius 2 is 1.76 bits per heavy atom. The molecule has 112 valence electrons. The molecule has 0 heterocycles. The summed E-state index contributed by atoms with van der Waals surface area (Å²) in [6.45, 7) is 0. The van der Waals surface area contributed by atoms with E-state index in [1.807, 2.05) is 0 Å². The molecule has 0 aromatic heterocycles. The SMILES string of the molecule is N#CC1(NC(=O)Nc2ccccc2Cl)CCCCCCC1. The summed E-state index contributed by atoms with van der Waals surface area (Å²) in [6.07, 6.45) is 6.82. The van der Waals surface area contributed by atoms with Gasteiger partial charge < -0.3 is 10.6 Å². The van der Waals surface area contributed by atoms with E-state index in [0.717, 1.165) is 25.7 Å². The first-order chi connectivity index (χ1) is 10.2. The molecule has 0 atom stereocenters. The van der Waals surface area contributed by atoms with Crippen molar-refractivity contribution in [2.24, 2.45) is 0 Å². The van der Waals surface area contributed by atoms with E-state index in [9.17, 15) is 10.1 Å². The molecule has 0 bridgehead atoms. The Balaban J connectivity index is 2.02. The number of carbonyl (C=O) groups excluding carboxylic acids is 1. The zero-order valence-electron chi connectivity index (χ0n) is 12.0. The van der Waals surface area contributed by atoms with Crippen molar-refractivity contribution >= 4 is 23.3 Å². The summed E-state index contributed by atoms with van der Waals surface area (Å²) in [5.74, 6) is 0. The molecule has 2 rings (SSSR count). The highest BCUT2D eigenvalue weighted by atomic mass is 35.5. The molecule has 1 saturated carbocycles. The van der Waals surface area contributed by atoms with E-state index in [1.165, 1.54) is 6.42 Å². The molecular weight excluding hydrogens is 286 g/mol. The maximum absolute atomic E-state index is 12.2. The standard InChI is InChI=1S/C16H20ClN3O/c17-13-8-4-5-9-14(13)19-15(21)20-16(12-18)10-6-2-1-3-7-11-16/h4-5,8-9H,1-3,6-7,10-11H2,(H2,19,20,21). The monoisotopic (exact) mass is 305 g/mol. The van der Waals surface area contributed by atoms with Crippen LogP contribution in [0.1, 0.15) is 44.9 Å². The molecule has 5 heteroatoms. The van der Waals surface area contributed by atoms with Crippen LogP contribution in [0, 0.1) is 11.3 Å². The van der Waals surface area contributed by atoms with Crippen molar-refractivity contribution in [1.82, 2.24) is 5.32 Å². The third-order valence-corrected chi connectivity index (χ3v) is 4.23. The Labute approximate surface area is 130 Å². The van der Waals surface area contributed by atoms with Crippen LogP contribution in [0.4, 0.5) is 10.5 Å². The second-order valence-corrected chi connectivity index (χ2v) is 5.93. The zero-order chi connectivity index (χ0) is 15.1. The van der Waals surface area contributed by atoms with Crippen LogP contribution in [0.5, 0.6) is 0 Å². The first-order valence-corrected chi connectivity index (χ1v) is 7.78. The summed E-state index contributed by atoms with van der Waals surface area (Å²) in [7, 11) is 0. The number of para-hydroxylation sites is 1. The molecule has 4 nitrogen and oxygen atoms in total. The minimum absolute atomic E-state index is 0.370. The lowest BCUT2D eigenvalue weighted by atomic mass is 9.85. The van der Waals surface area contributed by atoms with Gasteiger partial charge >= 0.3 is 6.03 Å². The van der Waals surface area contributed by atoms with Crippen molar-refractivity contribution < 1.29 is 4.79 Å². The van der Waals surface area contributed by atoms with Gasteiger partial charge in [-0.05, 0) is 25.0 Å². The second-order valence-electron chi connectivity index (χ2n) is 5.52. The van der Waals surface area contributed by atoms with Crippen molar-refractivity contribution in [3.8, 4) is 6.07 Å².